The summed E-state index contributed by atoms with van der Waals surface area (Å²) in [5, 5.41) is 15.5. The van der Waals surface area contributed by atoms with Crippen LogP contribution in [0.4, 0.5) is 0 Å². The third kappa shape index (κ3) is 3.50. The van der Waals surface area contributed by atoms with E-state index < -0.39 is 10.0 Å². The molecule has 1 aliphatic heterocycles. The van der Waals surface area contributed by atoms with Gasteiger partial charge in [0.05, 0.1) is 12.3 Å². The van der Waals surface area contributed by atoms with Crippen LogP contribution in [0.25, 0.3) is 0 Å². The van der Waals surface area contributed by atoms with Gasteiger partial charge in [-0.2, -0.15) is 16.9 Å². The van der Waals surface area contributed by atoms with Crippen LogP contribution in [-0.4, -0.2) is 41.8 Å². The van der Waals surface area contributed by atoms with Crippen LogP contribution in [0.3, 0.4) is 0 Å². The predicted molar refractivity (Wildman–Crippen MR) is 74.5 cm³/mol. The van der Waals surface area contributed by atoms with Crippen molar-refractivity contribution in [2.24, 2.45) is 5.92 Å². The molecule has 108 valence electrons. The number of aromatic nitrogens is 2. The van der Waals surface area contributed by atoms with Crippen molar-refractivity contribution in [1.82, 2.24) is 14.9 Å². The van der Waals surface area contributed by atoms with Gasteiger partial charge in [0.2, 0.25) is 10.0 Å². The molecule has 3 N–H and O–H groups in total. The van der Waals surface area contributed by atoms with Crippen molar-refractivity contribution in [2.75, 3.05) is 18.1 Å². The van der Waals surface area contributed by atoms with E-state index in [4.69, 9.17) is 5.11 Å². The quantitative estimate of drug-likeness (QED) is 0.742. The fourth-order valence-corrected chi connectivity index (χ4v) is 4.86. The van der Waals surface area contributed by atoms with Crippen LogP contribution in [0.15, 0.2) is 4.90 Å². The Morgan fingerprint density at radius 1 is 1.47 bits per heavy atom. The molecule has 0 amide bonds. The molecule has 0 saturated carbocycles. The summed E-state index contributed by atoms with van der Waals surface area (Å²) < 4.78 is 27.1. The molecule has 0 aromatic carbocycles. The van der Waals surface area contributed by atoms with Crippen molar-refractivity contribution >= 4 is 21.8 Å². The highest BCUT2D eigenvalue weighted by Gasteiger charge is 2.25. The molecule has 0 spiro atoms. The smallest absolute Gasteiger partial charge is 0.244 e. The average Bonchev–Trinajstić information content (AvgIpc) is 2.80. The van der Waals surface area contributed by atoms with Gasteiger partial charge in [0.25, 0.3) is 0 Å². The van der Waals surface area contributed by atoms with Crippen LogP contribution in [0, 0.1) is 12.8 Å². The fourth-order valence-electron chi connectivity index (χ4n) is 2.18. The summed E-state index contributed by atoms with van der Waals surface area (Å²) in [5.41, 5.74) is 0.625. The maximum absolute atomic E-state index is 12.2. The SMILES string of the molecule is Cc1[nH]nc(CO)c1S(=O)(=O)NCC1CCSCC1. The summed E-state index contributed by atoms with van der Waals surface area (Å²) in [4.78, 5) is 0.0835. The third-order valence-electron chi connectivity index (χ3n) is 3.28. The first-order valence-corrected chi connectivity index (χ1v) is 8.90. The van der Waals surface area contributed by atoms with Gasteiger partial charge in [0, 0.05) is 6.54 Å². The van der Waals surface area contributed by atoms with Gasteiger partial charge >= 0.3 is 0 Å². The topological polar surface area (TPSA) is 95.1 Å². The Hall–Kier alpha value is -0.570. The van der Waals surface area contributed by atoms with Crippen LogP contribution >= 0.6 is 11.8 Å². The number of sulfonamides is 1. The molecule has 1 fully saturated rings. The fraction of sp³-hybridized carbons (Fsp3) is 0.727. The molecule has 1 aromatic heterocycles. The number of H-pyrrole nitrogens is 1. The zero-order chi connectivity index (χ0) is 13.9. The molecule has 1 aliphatic rings. The third-order valence-corrected chi connectivity index (χ3v) is 5.96. The summed E-state index contributed by atoms with van der Waals surface area (Å²) in [7, 11) is -3.60. The lowest BCUT2D eigenvalue weighted by molar-refractivity contribution is 0.273. The summed E-state index contributed by atoms with van der Waals surface area (Å²) in [6.07, 6.45) is 2.09. The van der Waals surface area contributed by atoms with Crippen molar-refractivity contribution in [3.05, 3.63) is 11.4 Å². The Morgan fingerprint density at radius 2 is 2.16 bits per heavy atom. The Labute approximate surface area is 117 Å². The molecule has 1 saturated heterocycles. The van der Waals surface area contributed by atoms with Gasteiger partial charge in [-0.05, 0) is 37.2 Å². The van der Waals surface area contributed by atoms with Crippen molar-refractivity contribution in [1.29, 1.82) is 0 Å². The van der Waals surface area contributed by atoms with Crippen LogP contribution < -0.4 is 4.72 Å². The maximum atomic E-state index is 12.2. The Morgan fingerprint density at radius 3 is 2.79 bits per heavy atom. The van der Waals surface area contributed by atoms with E-state index in [0.717, 1.165) is 24.3 Å². The summed E-state index contributed by atoms with van der Waals surface area (Å²) in [6, 6.07) is 0. The van der Waals surface area contributed by atoms with Gasteiger partial charge in [-0.15, -0.1) is 0 Å². The van der Waals surface area contributed by atoms with Gasteiger partial charge in [0.15, 0.2) is 0 Å². The first-order valence-electron chi connectivity index (χ1n) is 6.26. The van der Waals surface area contributed by atoms with Crippen molar-refractivity contribution < 1.29 is 13.5 Å². The maximum Gasteiger partial charge on any atom is 0.244 e. The molecule has 0 radical (unpaired) electrons. The standard InChI is InChI=1S/C11H19N3O3S2/c1-8-11(10(7-15)14-13-8)19(16,17)12-6-9-2-4-18-5-3-9/h9,12,15H,2-7H2,1H3,(H,13,14). The van der Waals surface area contributed by atoms with Gasteiger partial charge in [-0.1, -0.05) is 0 Å². The molecule has 6 nitrogen and oxygen atoms in total. The molecular weight excluding hydrogens is 286 g/mol. The number of aromatic amines is 1. The summed E-state index contributed by atoms with van der Waals surface area (Å²) in [6.45, 7) is 1.71. The lowest BCUT2D eigenvalue weighted by Crippen LogP contribution is -2.31. The van der Waals surface area contributed by atoms with E-state index in [1.165, 1.54) is 0 Å². The first-order chi connectivity index (χ1) is 9.04. The zero-order valence-electron chi connectivity index (χ0n) is 10.8. The molecule has 0 bridgehead atoms. The molecule has 2 rings (SSSR count). The van der Waals surface area contributed by atoms with Crippen LogP contribution in [-0.2, 0) is 16.6 Å². The number of hydrogen-bond donors (Lipinski definition) is 3. The summed E-state index contributed by atoms with van der Waals surface area (Å²) in [5.74, 6) is 2.60. The highest BCUT2D eigenvalue weighted by molar-refractivity contribution is 7.99. The van der Waals surface area contributed by atoms with E-state index in [2.05, 4.69) is 14.9 Å². The van der Waals surface area contributed by atoms with Crippen LogP contribution in [0.1, 0.15) is 24.2 Å². The highest BCUT2D eigenvalue weighted by Crippen LogP contribution is 2.23. The molecule has 0 atom stereocenters. The van der Waals surface area contributed by atoms with E-state index >= 15 is 0 Å². The monoisotopic (exact) mass is 305 g/mol. The number of thioether (sulfide) groups is 1. The number of nitrogens with zero attached hydrogens (tertiary/aromatic N) is 1. The van der Waals surface area contributed by atoms with Gasteiger partial charge in [-0.3, -0.25) is 5.10 Å². The second-order valence-electron chi connectivity index (χ2n) is 4.69. The van der Waals surface area contributed by atoms with Crippen molar-refractivity contribution in [3.63, 3.8) is 0 Å². The molecule has 0 unspecified atom stereocenters. The molecular formula is C11H19N3O3S2. The Kier molecular flexibility index (Phi) is 4.88. The van der Waals surface area contributed by atoms with E-state index in [1.54, 1.807) is 6.92 Å². The summed E-state index contributed by atoms with van der Waals surface area (Å²) >= 11 is 1.91. The number of hydrogen-bond acceptors (Lipinski definition) is 5. The minimum atomic E-state index is -3.60. The molecule has 1 aromatic rings. The molecule has 2 heterocycles. The number of nitrogens with one attached hydrogen (secondary N) is 2. The number of aliphatic hydroxyl groups is 1. The highest BCUT2D eigenvalue weighted by atomic mass is 32.2. The largest absolute Gasteiger partial charge is 0.390 e. The minimum Gasteiger partial charge on any atom is -0.390 e. The molecule has 19 heavy (non-hydrogen) atoms. The normalized spacial score (nSPS) is 17.8. The van der Waals surface area contributed by atoms with E-state index in [1.807, 2.05) is 11.8 Å². The number of rotatable bonds is 5. The van der Waals surface area contributed by atoms with Gasteiger partial charge in [0.1, 0.15) is 10.6 Å². The predicted octanol–water partition coefficient (Wildman–Crippen LogP) is 0.632. The first kappa shape index (κ1) is 14.8. The molecule has 8 heteroatoms. The van der Waals surface area contributed by atoms with Crippen molar-refractivity contribution in [2.45, 2.75) is 31.3 Å². The average molecular weight is 305 g/mol. The number of aryl methyl sites for hydroxylation is 1. The number of aliphatic hydroxyl groups excluding tert-OH is 1. The Balaban J connectivity index is 2.07. The second kappa shape index (κ2) is 6.25. The van der Waals surface area contributed by atoms with E-state index in [9.17, 15) is 8.42 Å². The van der Waals surface area contributed by atoms with E-state index in [0.29, 0.717) is 18.2 Å². The van der Waals surface area contributed by atoms with Crippen LogP contribution in [0.5, 0.6) is 0 Å². The lowest BCUT2D eigenvalue weighted by atomic mass is 10.0. The van der Waals surface area contributed by atoms with E-state index in [-0.39, 0.29) is 17.2 Å². The zero-order valence-corrected chi connectivity index (χ0v) is 12.5. The van der Waals surface area contributed by atoms with Crippen LogP contribution in [0.2, 0.25) is 0 Å². The lowest BCUT2D eigenvalue weighted by Gasteiger charge is -2.21. The second-order valence-corrected chi connectivity index (χ2v) is 7.62. The van der Waals surface area contributed by atoms with Gasteiger partial charge < -0.3 is 5.11 Å². The minimum absolute atomic E-state index is 0.0835. The van der Waals surface area contributed by atoms with Gasteiger partial charge in [-0.25, -0.2) is 13.1 Å². The van der Waals surface area contributed by atoms with Crippen molar-refractivity contribution in [3.8, 4) is 0 Å². The Bertz CT molecular complexity index is 521. The molecule has 0 aliphatic carbocycles.